The first-order chi connectivity index (χ1) is 10.2. The zero-order chi connectivity index (χ0) is 14.7. The number of anilines is 1. The molecule has 2 aromatic carbocycles. The molecule has 0 radical (unpaired) electrons. The Kier molecular flexibility index (Phi) is 3.88. The van der Waals surface area contributed by atoms with Crippen LogP contribution in [0.25, 0.3) is 11.1 Å². The molecule has 0 heterocycles. The van der Waals surface area contributed by atoms with Gasteiger partial charge in [0.15, 0.2) is 0 Å². The van der Waals surface area contributed by atoms with Crippen LogP contribution in [0.1, 0.15) is 18.4 Å². The van der Waals surface area contributed by atoms with E-state index in [1.807, 2.05) is 24.3 Å². The number of nitrogens with one attached hydrogen (secondary N) is 2. The van der Waals surface area contributed by atoms with Crippen molar-refractivity contribution in [2.45, 2.75) is 25.4 Å². The van der Waals surface area contributed by atoms with Crippen LogP contribution < -0.4 is 10.6 Å². The lowest BCUT2D eigenvalue weighted by Crippen LogP contribution is -2.15. The molecule has 1 saturated carbocycles. The highest BCUT2D eigenvalue weighted by Gasteiger charge is 2.20. The fraction of sp³-hybridized carbons (Fsp3) is 0.235. The standard InChI is InChI=1S/C17H18N2O2/c20-17(21)19-15-7-5-12(6-8-15)16-4-2-1-3-13(16)11-18-14-9-10-14/h1-8,14,18-19H,9-11H2,(H,20,21). The second-order valence-electron chi connectivity index (χ2n) is 5.32. The molecule has 2 aromatic rings. The molecule has 0 aromatic heterocycles. The Morgan fingerprint density at radius 1 is 1.10 bits per heavy atom. The highest BCUT2D eigenvalue weighted by atomic mass is 16.4. The van der Waals surface area contributed by atoms with Crippen LogP contribution in [-0.2, 0) is 6.54 Å². The van der Waals surface area contributed by atoms with Gasteiger partial charge >= 0.3 is 6.09 Å². The van der Waals surface area contributed by atoms with E-state index in [2.05, 4.69) is 22.8 Å². The van der Waals surface area contributed by atoms with Crippen LogP contribution in [0.15, 0.2) is 48.5 Å². The maximum Gasteiger partial charge on any atom is 0.409 e. The number of carbonyl (C=O) groups is 1. The van der Waals surface area contributed by atoms with E-state index in [9.17, 15) is 4.79 Å². The lowest BCUT2D eigenvalue weighted by Gasteiger charge is -2.11. The minimum absolute atomic E-state index is 0.583. The molecule has 21 heavy (non-hydrogen) atoms. The summed E-state index contributed by atoms with van der Waals surface area (Å²) in [5.74, 6) is 0. The highest BCUT2D eigenvalue weighted by Crippen LogP contribution is 2.26. The zero-order valence-corrected chi connectivity index (χ0v) is 11.7. The normalized spacial score (nSPS) is 13.9. The topological polar surface area (TPSA) is 61.4 Å². The van der Waals surface area contributed by atoms with E-state index in [1.54, 1.807) is 12.1 Å². The Hall–Kier alpha value is -2.33. The van der Waals surface area contributed by atoms with Crippen LogP contribution in [0.4, 0.5) is 10.5 Å². The molecule has 108 valence electrons. The molecular weight excluding hydrogens is 264 g/mol. The Bertz CT molecular complexity index is 633. The van der Waals surface area contributed by atoms with Gasteiger partial charge in [0.25, 0.3) is 0 Å². The molecule has 1 aliphatic rings. The molecule has 1 aliphatic carbocycles. The first kappa shape index (κ1) is 13.6. The van der Waals surface area contributed by atoms with Gasteiger partial charge in [-0.1, -0.05) is 36.4 Å². The van der Waals surface area contributed by atoms with E-state index < -0.39 is 6.09 Å². The predicted octanol–water partition coefficient (Wildman–Crippen LogP) is 3.70. The fourth-order valence-corrected chi connectivity index (χ4v) is 2.35. The maximum absolute atomic E-state index is 10.6. The summed E-state index contributed by atoms with van der Waals surface area (Å²) in [5.41, 5.74) is 4.13. The van der Waals surface area contributed by atoms with E-state index in [4.69, 9.17) is 5.11 Å². The summed E-state index contributed by atoms with van der Waals surface area (Å²) in [6.45, 7) is 0.871. The van der Waals surface area contributed by atoms with Crippen molar-refractivity contribution in [1.29, 1.82) is 0 Å². The molecule has 0 aliphatic heterocycles. The number of rotatable bonds is 5. The summed E-state index contributed by atoms with van der Waals surface area (Å²) in [7, 11) is 0. The summed E-state index contributed by atoms with van der Waals surface area (Å²) in [4.78, 5) is 10.6. The molecule has 0 saturated heterocycles. The summed E-state index contributed by atoms with van der Waals surface area (Å²) in [6.07, 6.45) is 1.51. The SMILES string of the molecule is O=C(O)Nc1ccc(-c2ccccc2CNC2CC2)cc1. The third kappa shape index (κ3) is 3.61. The van der Waals surface area contributed by atoms with E-state index in [0.717, 1.165) is 12.1 Å². The number of amides is 1. The van der Waals surface area contributed by atoms with Gasteiger partial charge in [0.2, 0.25) is 0 Å². The summed E-state index contributed by atoms with van der Waals surface area (Å²) < 4.78 is 0. The Morgan fingerprint density at radius 3 is 2.48 bits per heavy atom. The molecule has 4 heteroatoms. The lowest BCUT2D eigenvalue weighted by atomic mass is 9.99. The number of benzene rings is 2. The van der Waals surface area contributed by atoms with Crippen LogP contribution >= 0.6 is 0 Å². The van der Waals surface area contributed by atoms with Crippen molar-refractivity contribution >= 4 is 11.8 Å². The summed E-state index contributed by atoms with van der Waals surface area (Å²) in [6, 6.07) is 16.5. The van der Waals surface area contributed by atoms with Crippen molar-refractivity contribution in [3.05, 3.63) is 54.1 Å². The molecule has 0 spiro atoms. The Balaban J connectivity index is 1.79. The smallest absolute Gasteiger partial charge is 0.409 e. The molecular formula is C17H18N2O2. The highest BCUT2D eigenvalue weighted by molar-refractivity contribution is 5.83. The van der Waals surface area contributed by atoms with Gasteiger partial charge in [0, 0.05) is 18.3 Å². The third-order valence-electron chi connectivity index (χ3n) is 3.62. The Morgan fingerprint density at radius 2 is 1.81 bits per heavy atom. The van der Waals surface area contributed by atoms with E-state index in [0.29, 0.717) is 11.7 Å². The van der Waals surface area contributed by atoms with Crippen molar-refractivity contribution in [3.8, 4) is 11.1 Å². The molecule has 3 rings (SSSR count). The average Bonchev–Trinajstić information content (AvgIpc) is 3.30. The minimum Gasteiger partial charge on any atom is -0.465 e. The second-order valence-corrected chi connectivity index (χ2v) is 5.32. The van der Waals surface area contributed by atoms with E-state index in [1.165, 1.54) is 24.0 Å². The van der Waals surface area contributed by atoms with Gasteiger partial charge in [0.05, 0.1) is 0 Å². The largest absolute Gasteiger partial charge is 0.465 e. The van der Waals surface area contributed by atoms with Gasteiger partial charge in [0.1, 0.15) is 0 Å². The first-order valence-corrected chi connectivity index (χ1v) is 7.14. The summed E-state index contributed by atoms with van der Waals surface area (Å²) in [5, 5.41) is 14.6. The molecule has 4 nitrogen and oxygen atoms in total. The number of hydrogen-bond acceptors (Lipinski definition) is 2. The van der Waals surface area contributed by atoms with Crippen molar-refractivity contribution < 1.29 is 9.90 Å². The van der Waals surface area contributed by atoms with Crippen molar-refractivity contribution in [2.75, 3.05) is 5.32 Å². The molecule has 0 bridgehead atoms. The third-order valence-corrected chi connectivity index (χ3v) is 3.62. The van der Waals surface area contributed by atoms with Crippen LogP contribution in [0.2, 0.25) is 0 Å². The van der Waals surface area contributed by atoms with Gasteiger partial charge in [-0.2, -0.15) is 0 Å². The van der Waals surface area contributed by atoms with E-state index >= 15 is 0 Å². The predicted molar refractivity (Wildman–Crippen MR) is 83.4 cm³/mol. The van der Waals surface area contributed by atoms with Gasteiger partial charge < -0.3 is 10.4 Å². The van der Waals surface area contributed by atoms with Crippen LogP contribution in [0, 0.1) is 0 Å². The summed E-state index contributed by atoms with van der Waals surface area (Å²) >= 11 is 0. The quantitative estimate of drug-likeness (QED) is 0.783. The number of carboxylic acid groups (broad SMARTS) is 1. The molecule has 1 amide bonds. The van der Waals surface area contributed by atoms with Crippen molar-refractivity contribution in [2.24, 2.45) is 0 Å². The van der Waals surface area contributed by atoms with Crippen LogP contribution in [0.5, 0.6) is 0 Å². The number of hydrogen-bond donors (Lipinski definition) is 3. The molecule has 3 N–H and O–H groups in total. The lowest BCUT2D eigenvalue weighted by molar-refractivity contribution is 0.210. The molecule has 0 unspecified atom stereocenters. The minimum atomic E-state index is -1.04. The van der Waals surface area contributed by atoms with Gasteiger partial charge in [-0.05, 0) is 41.7 Å². The monoisotopic (exact) mass is 282 g/mol. The first-order valence-electron chi connectivity index (χ1n) is 7.14. The maximum atomic E-state index is 10.6. The fourth-order valence-electron chi connectivity index (χ4n) is 2.35. The van der Waals surface area contributed by atoms with Gasteiger partial charge in [-0.3, -0.25) is 5.32 Å². The van der Waals surface area contributed by atoms with Gasteiger partial charge in [-0.15, -0.1) is 0 Å². The molecule has 1 fully saturated rings. The van der Waals surface area contributed by atoms with Crippen molar-refractivity contribution in [3.63, 3.8) is 0 Å². The van der Waals surface area contributed by atoms with E-state index in [-0.39, 0.29) is 0 Å². The zero-order valence-electron chi connectivity index (χ0n) is 11.7. The van der Waals surface area contributed by atoms with Crippen molar-refractivity contribution in [1.82, 2.24) is 5.32 Å². The Labute approximate surface area is 123 Å². The van der Waals surface area contributed by atoms with Crippen LogP contribution in [-0.4, -0.2) is 17.2 Å². The van der Waals surface area contributed by atoms with Gasteiger partial charge in [-0.25, -0.2) is 4.79 Å². The molecule has 0 atom stereocenters. The second kappa shape index (κ2) is 5.97. The average molecular weight is 282 g/mol. The van der Waals surface area contributed by atoms with Crippen LogP contribution in [0.3, 0.4) is 0 Å².